The van der Waals surface area contributed by atoms with Crippen molar-refractivity contribution in [3.63, 3.8) is 0 Å². The predicted octanol–water partition coefficient (Wildman–Crippen LogP) is 3.74. The summed E-state index contributed by atoms with van der Waals surface area (Å²) in [5, 5.41) is 0. The van der Waals surface area contributed by atoms with Crippen LogP contribution in [0, 0.1) is 11.6 Å². The molecule has 1 saturated carbocycles. The van der Waals surface area contributed by atoms with Gasteiger partial charge in [-0.15, -0.1) is 0 Å². The van der Waals surface area contributed by atoms with Gasteiger partial charge < -0.3 is 9.47 Å². The van der Waals surface area contributed by atoms with Crippen LogP contribution >= 0.6 is 15.9 Å². The number of hydrogen-bond donors (Lipinski definition) is 0. The average Bonchev–Trinajstić information content (AvgIpc) is 2.95. The lowest BCUT2D eigenvalue weighted by molar-refractivity contribution is -0.151. The van der Waals surface area contributed by atoms with Gasteiger partial charge in [0.05, 0.1) is 17.7 Å². The van der Waals surface area contributed by atoms with E-state index >= 15 is 0 Å². The van der Waals surface area contributed by atoms with Crippen LogP contribution in [0.3, 0.4) is 0 Å². The van der Waals surface area contributed by atoms with Crippen molar-refractivity contribution < 1.29 is 18.3 Å². The second kappa shape index (κ2) is 4.54. The van der Waals surface area contributed by atoms with Crippen molar-refractivity contribution in [3.05, 3.63) is 33.8 Å². The maximum atomic E-state index is 13.9. The Morgan fingerprint density at radius 2 is 1.89 bits per heavy atom. The fraction of sp³-hybridized carbons (Fsp3) is 0.538. The van der Waals surface area contributed by atoms with Crippen molar-refractivity contribution in [2.45, 2.75) is 31.0 Å². The average molecular weight is 319 g/mol. The Morgan fingerprint density at radius 1 is 1.17 bits per heavy atom. The van der Waals surface area contributed by atoms with Crippen LogP contribution in [0.5, 0.6) is 0 Å². The number of ether oxygens (including phenoxy) is 2. The molecule has 18 heavy (non-hydrogen) atoms. The topological polar surface area (TPSA) is 18.5 Å². The van der Waals surface area contributed by atoms with Crippen LogP contribution in [0.15, 0.2) is 16.6 Å². The van der Waals surface area contributed by atoms with E-state index in [2.05, 4.69) is 15.9 Å². The van der Waals surface area contributed by atoms with Crippen LogP contribution in [0.25, 0.3) is 0 Å². The molecule has 1 spiro atoms. The SMILES string of the molecule is Fc1cc(C2CCC3(C2)OCCO3)c(F)cc1Br. The Morgan fingerprint density at radius 3 is 2.61 bits per heavy atom. The van der Waals surface area contributed by atoms with Gasteiger partial charge in [-0.3, -0.25) is 0 Å². The van der Waals surface area contributed by atoms with Crippen LogP contribution in [-0.4, -0.2) is 19.0 Å². The maximum Gasteiger partial charge on any atom is 0.169 e. The highest BCUT2D eigenvalue weighted by Gasteiger charge is 2.45. The fourth-order valence-electron chi connectivity index (χ4n) is 2.85. The molecule has 1 heterocycles. The molecule has 0 N–H and O–H groups in total. The van der Waals surface area contributed by atoms with Gasteiger partial charge in [-0.05, 0) is 46.0 Å². The summed E-state index contributed by atoms with van der Waals surface area (Å²) in [6, 6.07) is 2.46. The zero-order valence-electron chi connectivity index (χ0n) is 9.72. The monoisotopic (exact) mass is 318 g/mol. The molecule has 0 bridgehead atoms. The van der Waals surface area contributed by atoms with Crippen molar-refractivity contribution >= 4 is 15.9 Å². The van der Waals surface area contributed by atoms with Crippen LogP contribution in [0.1, 0.15) is 30.7 Å². The third-order valence-electron chi connectivity index (χ3n) is 3.72. The predicted molar refractivity (Wildman–Crippen MR) is 65.3 cm³/mol. The van der Waals surface area contributed by atoms with E-state index in [4.69, 9.17) is 9.47 Å². The zero-order chi connectivity index (χ0) is 12.8. The minimum Gasteiger partial charge on any atom is -0.348 e. The Balaban J connectivity index is 1.86. The summed E-state index contributed by atoms with van der Waals surface area (Å²) in [7, 11) is 0. The van der Waals surface area contributed by atoms with E-state index in [1.165, 1.54) is 12.1 Å². The summed E-state index contributed by atoms with van der Waals surface area (Å²) in [6.45, 7) is 1.17. The molecule has 2 nitrogen and oxygen atoms in total. The lowest BCUT2D eigenvalue weighted by Crippen LogP contribution is -2.25. The van der Waals surface area contributed by atoms with E-state index in [0.29, 0.717) is 25.2 Å². The van der Waals surface area contributed by atoms with E-state index in [9.17, 15) is 8.78 Å². The Labute approximate surface area is 112 Å². The molecule has 1 aliphatic heterocycles. The number of rotatable bonds is 1. The van der Waals surface area contributed by atoms with Gasteiger partial charge in [0.15, 0.2) is 5.79 Å². The highest BCUT2D eigenvalue weighted by Crippen LogP contribution is 2.46. The van der Waals surface area contributed by atoms with Crippen LogP contribution < -0.4 is 0 Å². The summed E-state index contributed by atoms with van der Waals surface area (Å²) < 4.78 is 38.7. The Hall–Kier alpha value is -0.520. The quantitative estimate of drug-likeness (QED) is 0.734. The van der Waals surface area contributed by atoms with Gasteiger partial charge in [0.25, 0.3) is 0 Å². The second-order valence-electron chi connectivity index (χ2n) is 4.84. The molecule has 1 aromatic carbocycles. The molecule has 0 amide bonds. The lowest BCUT2D eigenvalue weighted by Gasteiger charge is -2.21. The molecule has 3 rings (SSSR count). The molecular weight excluding hydrogens is 306 g/mol. The summed E-state index contributed by atoms with van der Waals surface area (Å²) in [5.41, 5.74) is 0.423. The van der Waals surface area contributed by atoms with Gasteiger partial charge >= 0.3 is 0 Å². The van der Waals surface area contributed by atoms with E-state index in [-0.39, 0.29) is 16.2 Å². The van der Waals surface area contributed by atoms with Crippen molar-refractivity contribution in [2.24, 2.45) is 0 Å². The maximum absolute atomic E-state index is 13.9. The number of benzene rings is 1. The lowest BCUT2D eigenvalue weighted by atomic mass is 9.96. The molecule has 1 aromatic rings. The normalized spacial score (nSPS) is 26.1. The molecule has 5 heteroatoms. The molecule has 1 saturated heterocycles. The van der Waals surface area contributed by atoms with Gasteiger partial charge in [-0.2, -0.15) is 0 Å². The highest BCUT2D eigenvalue weighted by molar-refractivity contribution is 9.10. The van der Waals surface area contributed by atoms with Gasteiger partial charge in [0.1, 0.15) is 11.6 Å². The van der Waals surface area contributed by atoms with Crippen LogP contribution in [-0.2, 0) is 9.47 Å². The summed E-state index contributed by atoms with van der Waals surface area (Å²) >= 11 is 2.98. The van der Waals surface area contributed by atoms with Gasteiger partial charge in [-0.1, -0.05) is 0 Å². The molecule has 2 fully saturated rings. The van der Waals surface area contributed by atoms with E-state index in [1.807, 2.05) is 0 Å². The van der Waals surface area contributed by atoms with Crippen LogP contribution in [0.4, 0.5) is 8.78 Å². The summed E-state index contributed by atoms with van der Waals surface area (Å²) in [4.78, 5) is 0. The zero-order valence-corrected chi connectivity index (χ0v) is 11.3. The highest BCUT2D eigenvalue weighted by atomic mass is 79.9. The molecule has 0 aromatic heterocycles. The second-order valence-corrected chi connectivity index (χ2v) is 5.69. The molecule has 1 unspecified atom stereocenters. The molecule has 1 aliphatic carbocycles. The molecule has 1 atom stereocenters. The van der Waals surface area contributed by atoms with E-state index in [1.54, 1.807) is 0 Å². The van der Waals surface area contributed by atoms with E-state index in [0.717, 1.165) is 12.8 Å². The van der Waals surface area contributed by atoms with Crippen molar-refractivity contribution in [2.75, 3.05) is 13.2 Å². The minimum atomic E-state index is -0.555. The summed E-state index contributed by atoms with van der Waals surface area (Å²) in [6.07, 6.45) is 2.11. The van der Waals surface area contributed by atoms with Gasteiger partial charge in [-0.25, -0.2) is 8.78 Å². The van der Waals surface area contributed by atoms with Gasteiger partial charge in [0, 0.05) is 12.8 Å². The van der Waals surface area contributed by atoms with Crippen molar-refractivity contribution in [1.29, 1.82) is 0 Å². The fourth-order valence-corrected chi connectivity index (χ4v) is 3.16. The molecular formula is C13H13BrF2O2. The Bertz CT molecular complexity index is 472. The third kappa shape index (κ3) is 2.08. The first-order valence-corrected chi connectivity index (χ1v) is 6.81. The van der Waals surface area contributed by atoms with E-state index < -0.39 is 11.6 Å². The minimum absolute atomic E-state index is 0.0364. The summed E-state index contributed by atoms with van der Waals surface area (Å²) in [5.74, 6) is -1.39. The smallest absolute Gasteiger partial charge is 0.169 e. The standard InChI is InChI=1S/C13H13BrF2O2/c14-10-6-11(15)9(5-12(10)16)8-1-2-13(7-8)17-3-4-18-13/h5-6,8H,1-4,7H2. The number of halogens is 3. The third-order valence-corrected chi connectivity index (χ3v) is 4.33. The molecule has 2 aliphatic rings. The van der Waals surface area contributed by atoms with Crippen molar-refractivity contribution in [3.8, 4) is 0 Å². The van der Waals surface area contributed by atoms with Crippen molar-refractivity contribution in [1.82, 2.24) is 0 Å². The Kier molecular flexibility index (Phi) is 3.16. The molecule has 0 radical (unpaired) electrons. The van der Waals surface area contributed by atoms with Crippen LogP contribution in [0.2, 0.25) is 0 Å². The first kappa shape index (κ1) is 12.5. The van der Waals surface area contributed by atoms with Gasteiger partial charge in [0.2, 0.25) is 0 Å². The number of hydrogen-bond acceptors (Lipinski definition) is 2. The molecule has 98 valence electrons. The largest absolute Gasteiger partial charge is 0.348 e. The first-order chi connectivity index (χ1) is 8.60. The first-order valence-electron chi connectivity index (χ1n) is 6.02.